The van der Waals surface area contributed by atoms with E-state index in [4.69, 9.17) is 0 Å². The summed E-state index contributed by atoms with van der Waals surface area (Å²) in [6.45, 7) is 12.7. The summed E-state index contributed by atoms with van der Waals surface area (Å²) in [5.41, 5.74) is 0.218. The fourth-order valence-electron chi connectivity index (χ4n) is 2.65. The van der Waals surface area contributed by atoms with Crippen LogP contribution in [0.25, 0.3) is 0 Å². The number of anilines is 1. The molecule has 0 saturated carbocycles. The molecule has 120 valence electrons. The average molecular weight is 313 g/mol. The molecule has 2 N–H and O–H groups in total. The summed E-state index contributed by atoms with van der Waals surface area (Å²) in [5, 5.41) is 3.07. The fourth-order valence-corrected chi connectivity index (χ4v) is 4.05. The second-order valence-electron chi connectivity index (χ2n) is 7.17. The van der Waals surface area contributed by atoms with E-state index in [-0.39, 0.29) is 10.3 Å². The topological polar surface area (TPSA) is 71.1 Å². The van der Waals surface area contributed by atoms with Crippen LogP contribution in [-0.4, -0.2) is 25.5 Å². The molecule has 1 aromatic rings. The monoisotopic (exact) mass is 313 g/mol. The molecule has 21 heavy (non-hydrogen) atoms. The molecule has 1 rings (SSSR count). The van der Waals surface area contributed by atoms with Crippen LogP contribution in [-0.2, 0) is 10.0 Å². The molecule has 0 bridgehead atoms. The van der Waals surface area contributed by atoms with Gasteiger partial charge in [-0.05, 0) is 38.7 Å². The van der Waals surface area contributed by atoms with Crippen molar-refractivity contribution in [1.29, 1.82) is 0 Å². The minimum Gasteiger partial charge on any atom is -0.384 e. The number of hydrogen-bond donors (Lipinski definition) is 2. The van der Waals surface area contributed by atoms with Gasteiger partial charge in [0.15, 0.2) is 0 Å². The van der Waals surface area contributed by atoms with Crippen molar-refractivity contribution in [2.75, 3.05) is 11.9 Å². The van der Waals surface area contributed by atoms with Crippen molar-refractivity contribution in [2.24, 2.45) is 5.41 Å². The van der Waals surface area contributed by atoms with E-state index in [9.17, 15) is 8.42 Å². The third-order valence-corrected chi connectivity index (χ3v) is 4.45. The smallest absolute Gasteiger partial charge is 0.242 e. The molecule has 0 spiro atoms. The molecule has 1 aromatic heterocycles. The minimum absolute atomic E-state index is 0.0376. The Morgan fingerprint density at radius 1 is 1.14 bits per heavy atom. The van der Waals surface area contributed by atoms with Crippen LogP contribution in [0.5, 0.6) is 0 Å². The van der Waals surface area contributed by atoms with Crippen LogP contribution in [0.3, 0.4) is 0 Å². The van der Waals surface area contributed by atoms with Crippen LogP contribution in [0, 0.1) is 5.41 Å². The summed E-state index contributed by atoms with van der Waals surface area (Å²) in [7, 11) is -3.58. The maximum Gasteiger partial charge on any atom is 0.242 e. The van der Waals surface area contributed by atoms with Gasteiger partial charge in [-0.2, -0.15) is 0 Å². The summed E-state index contributed by atoms with van der Waals surface area (Å²) in [4.78, 5) is 4.18. The third-order valence-electron chi connectivity index (χ3n) is 2.79. The normalized spacial score (nSPS) is 13.2. The number of nitrogens with zero attached hydrogens (tertiary/aromatic N) is 1. The summed E-state index contributed by atoms with van der Waals surface area (Å²) in [6.07, 6.45) is 3.72. The van der Waals surface area contributed by atoms with Gasteiger partial charge in [-0.1, -0.05) is 20.8 Å². The third kappa shape index (κ3) is 6.01. The Bertz CT molecular complexity index is 575. The Balaban J connectivity index is 2.98. The van der Waals surface area contributed by atoms with E-state index in [2.05, 4.69) is 35.8 Å². The maximum atomic E-state index is 12.5. The molecule has 0 saturated heterocycles. The van der Waals surface area contributed by atoms with Gasteiger partial charge in [0, 0.05) is 18.3 Å². The Hall–Kier alpha value is -1.14. The highest BCUT2D eigenvalue weighted by Crippen LogP contribution is 2.28. The van der Waals surface area contributed by atoms with E-state index in [1.165, 1.54) is 6.20 Å². The Morgan fingerprint density at radius 2 is 1.76 bits per heavy atom. The van der Waals surface area contributed by atoms with E-state index in [0.717, 1.165) is 6.42 Å². The zero-order valence-electron chi connectivity index (χ0n) is 13.8. The van der Waals surface area contributed by atoms with Gasteiger partial charge in [0.1, 0.15) is 4.90 Å². The molecule has 6 heteroatoms. The van der Waals surface area contributed by atoms with Crippen molar-refractivity contribution < 1.29 is 8.42 Å². The first-order chi connectivity index (χ1) is 9.45. The number of hydrogen-bond acceptors (Lipinski definition) is 4. The maximum absolute atomic E-state index is 12.5. The minimum atomic E-state index is -3.58. The van der Waals surface area contributed by atoms with Gasteiger partial charge in [-0.25, -0.2) is 13.1 Å². The predicted octanol–water partition coefficient (Wildman–Crippen LogP) is 3.01. The van der Waals surface area contributed by atoms with Crippen molar-refractivity contribution in [3.05, 3.63) is 18.5 Å². The van der Waals surface area contributed by atoms with Gasteiger partial charge in [-0.3, -0.25) is 4.98 Å². The number of pyridine rings is 1. The lowest BCUT2D eigenvalue weighted by Crippen LogP contribution is -2.45. The number of sulfonamides is 1. The van der Waals surface area contributed by atoms with Crippen LogP contribution in [0.2, 0.25) is 0 Å². The van der Waals surface area contributed by atoms with E-state index in [1.807, 2.05) is 20.8 Å². The first kappa shape index (κ1) is 17.9. The van der Waals surface area contributed by atoms with Crippen LogP contribution in [0.1, 0.15) is 48.0 Å². The molecule has 0 aliphatic carbocycles. The summed E-state index contributed by atoms with van der Waals surface area (Å²) < 4.78 is 27.8. The zero-order valence-corrected chi connectivity index (χ0v) is 14.6. The number of rotatable bonds is 6. The van der Waals surface area contributed by atoms with Crippen molar-refractivity contribution in [3.8, 4) is 0 Å². The van der Waals surface area contributed by atoms with Gasteiger partial charge >= 0.3 is 0 Å². The summed E-state index contributed by atoms with van der Waals surface area (Å²) in [5.74, 6) is 0. The van der Waals surface area contributed by atoms with E-state index in [0.29, 0.717) is 12.2 Å². The Morgan fingerprint density at radius 3 is 2.29 bits per heavy atom. The Labute approximate surface area is 128 Å². The first-order valence-electron chi connectivity index (χ1n) is 7.18. The van der Waals surface area contributed by atoms with Crippen LogP contribution < -0.4 is 10.0 Å². The molecule has 1 heterocycles. The molecule has 0 unspecified atom stereocenters. The van der Waals surface area contributed by atoms with Gasteiger partial charge in [0.25, 0.3) is 0 Å². The van der Waals surface area contributed by atoms with Crippen molar-refractivity contribution >= 4 is 15.7 Å². The second kappa shape index (κ2) is 6.32. The van der Waals surface area contributed by atoms with Crippen LogP contribution in [0.15, 0.2) is 23.4 Å². The van der Waals surface area contributed by atoms with Gasteiger partial charge in [-0.15, -0.1) is 0 Å². The van der Waals surface area contributed by atoms with Crippen molar-refractivity contribution in [1.82, 2.24) is 9.71 Å². The average Bonchev–Trinajstić information content (AvgIpc) is 2.24. The molecule has 0 atom stereocenters. The lowest BCUT2D eigenvalue weighted by Gasteiger charge is -2.32. The Kier molecular flexibility index (Phi) is 5.39. The van der Waals surface area contributed by atoms with Crippen LogP contribution >= 0.6 is 0 Å². The lowest BCUT2D eigenvalue weighted by molar-refractivity contribution is 0.269. The molecule has 0 aliphatic heterocycles. The second-order valence-corrected chi connectivity index (χ2v) is 8.85. The largest absolute Gasteiger partial charge is 0.384 e. The molecule has 0 fully saturated rings. The number of aromatic nitrogens is 1. The predicted molar refractivity (Wildman–Crippen MR) is 86.9 cm³/mol. The van der Waals surface area contributed by atoms with E-state index in [1.54, 1.807) is 12.3 Å². The van der Waals surface area contributed by atoms with Crippen molar-refractivity contribution in [3.63, 3.8) is 0 Å². The molecule has 0 aliphatic rings. The SMILES string of the molecule is CCNc1cncc(S(=O)(=O)NC(C)(C)CC(C)(C)C)c1. The molecular formula is C15H27N3O2S. The van der Waals surface area contributed by atoms with Gasteiger partial charge in [0.2, 0.25) is 10.0 Å². The quantitative estimate of drug-likeness (QED) is 0.847. The zero-order chi connectivity index (χ0) is 16.3. The highest BCUT2D eigenvalue weighted by molar-refractivity contribution is 7.89. The van der Waals surface area contributed by atoms with E-state index < -0.39 is 15.6 Å². The molecule has 0 aromatic carbocycles. The summed E-state index contributed by atoms with van der Waals surface area (Å²) >= 11 is 0. The molecule has 0 radical (unpaired) electrons. The fraction of sp³-hybridized carbons (Fsp3) is 0.667. The van der Waals surface area contributed by atoms with Gasteiger partial charge < -0.3 is 5.32 Å². The van der Waals surface area contributed by atoms with E-state index >= 15 is 0 Å². The molecular weight excluding hydrogens is 286 g/mol. The highest BCUT2D eigenvalue weighted by Gasteiger charge is 2.30. The molecule has 5 nitrogen and oxygen atoms in total. The highest BCUT2D eigenvalue weighted by atomic mass is 32.2. The molecule has 0 amide bonds. The standard InChI is InChI=1S/C15H27N3O2S/c1-7-17-12-8-13(10-16-9-12)21(19,20)18-15(5,6)11-14(2,3)4/h8-10,17-18H,7,11H2,1-6H3. The number of nitrogens with one attached hydrogen (secondary N) is 2. The van der Waals surface area contributed by atoms with Crippen LogP contribution in [0.4, 0.5) is 5.69 Å². The lowest BCUT2D eigenvalue weighted by atomic mass is 9.82. The van der Waals surface area contributed by atoms with Gasteiger partial charge in [0.05, 0.1) is 11.9 Å². The first-order valence-corrected chi connectivity index (χ1v) is 8.66. The summed E-state index contributed by atoms with van der Waals surface area (Å²) in [6, 6.07) is 1.60. The van der Waals surface area contributed by atoms with Crippen molar-refractivity contribution in [2.45, 2.75) is 58.4 Å².